The van der Waals surface area contributed by atoms with Gasteiger partial charge in [0, 0.05) is 30.0 Å². The third-order valence-corrected chi connectivity index (χ3v) is 5.12. The summed E-state index contributed by atoms with van der Waals surface area (Å²) in [6.45, 7) is 5.21. The molecule has 0 N–H and O–H groups in total. The second kappa shape index (κ2) is 7.79. The highest BCUT2D eigenvalue weighted by Gasteiger charge is 2.56. The molecule has 0 radical (unpaired) electrons. The van der Waals surface area contributed by atoms with Gasteiger partial charge in [-0.05, 0) is 50.4 Å². The van der Waals surface area contributed by atoms with Gasteiger partial charge in [0.15, 0.2) is 0 Å². The molecule has 2 aliphatic heterocycles. The Balaban J connectivity index is 1.82. The van der Waals surface area contributed by atoms with E-state index in [2.05, 4.69) is 10.0 Å². The van der Waals surface area contributed by atoms with Gasteiger partial charge in [-0.3, -0.25) is 14.4 Å². The summed E-state index contributed by atoms with van der Waals surface area (Å²) in [6.07, 6.45) is -0.915. The number of carbonyl (C=O) groups excluding carboxylic acids is 4. The van der Waals surface area contributed by atoms with Gasteiger partial charge in [-0.2, -0.15) is 4.90 Å². The summed E-state index contributed by atoms with van der Waals surface area (Å²) in [7, 11) is 0. The lowest BCUT2D eigenvalue weighted by Crippen LogP contribution is -2.55. The fourth-order valence-electron chi connectivity index (χ4n) is 3.68. The summed E-state index contributed by atoms with van der Waals surface area (Å²) in [6, 6.07) is 6.90. The molecule has 0 aliphatic carbocycles. The number of amides is 4. The van der Waals surface area contributed by atoms with Gasteiger partial charge in [-0.15, -0.1) is 0 Å². The van der Waals surface area contributed by atoms with Crippen LogP contribution >= 0.6 is 0 Å². The van der Waals surface area contributed by atoms with E-state index in [1.807, 2.05) is 0 Å². The summed E-state index contributed by atoms with van der Waals surface area (Å²) in [5, 5.41) is 3.49. The Labute approximate surface area is 173 Å². The number of ether oxygens (including phenoxy) is 1. The number of imide groups is 3. The number of anilines is 1. The number of nitrogens with zero attached hydrogens (tertiary/aromatic N) is 5. The monoisotopic (exact) mass is 413 g/mol. The van der Waals surface area contributed by atoms with Crippen LogP contribution in [0.2, 0.25) is 0 Å². The van der Waals surface area contributed by atoms with Crippen LogP contribution in [0.3, 0.4) is 0 Å². The highest BCUT2D eigenvalue weighted by molar-refractivity contribution is 6.15. The van der Waals surface area contributed by atoms with Gasteiger partial charge in [-0.1, -0.05) is 17.2 Å². The van der Waals surface area contributed by atoms with Crippen molar-refractivity contribution in [3.8, 4) is 0 Å². The number of azide groups is 1. The summed E-state index contributed by atoms with van der Waals surface area (Å²) in [5.41, 5.74) is 7.78. The number of hydrogen-bond donors (Lipinski definition) is 0. The molecule has 0 saturated carbocycles. The average molecular weight is 413 g/mol. The molecule has 30 heavy (non-hydrogen) atoms. The van der Waals surface area contributed by atoms with Crippen LogP contribution in [-0.2, 0) is 25.7 Å². The van der Waals surface area contributed by atoms with Crippen molar-refractivity contribution in [3.63, 3.8) is 0 Å². The van der Waals surface area contributed by atoms with Crippen LogP contribution in [0.5, 0.6) is 0 Å². The molecule has 1 aromatic rings. The summed E-state index contributed by atoms with van der Waals surface area (Å²) in [5.74, 6) is -1.57. The van der Waals surface area contributed by atoms with E-state index in [0.29, 0.717) is 10.6 Å². The molecule has 10 heteroatoms. The molecule has 1 spiro atoms. The second-order valence-electron chi connectivity index (χ2n) is 8.51. The summed E-state index contributed by atoms with van der Waals surface area (Å²) in [4.78, 5) is 55.4. The number of likely N-dealkylation sites (tertiary alicyclic amines) is 1. The van der Waals surface area contributed by atoms with Gasteiger partial charge in [0.1, 0.15) is 5.60 Å². The van der Waals surface area contributed by atoms with Gasteiger partial charge in [0.05, 0.1) is 12.0 Å². The van der Waals surface area contributed by atoms with Crippen molar-refractivity contribution in [1.29, 1.82) is 0 Å². The fourth-order valence-corrected chi connectivity index (χ4v) is 3.68. The zero-order valence-electron chi connectivity index (χ0n) is 17.1. The van der Waals surface area contributed by atoms with Crippen molar-refractivity contribution in [3.05, 3.63) is 40.3 Å². The van der Waals surface area contributed by atoms with E-state index in [4.69, 9.17) is 10.3 Å². The first-order chi connectivity index (χ1) is 14.1. The zero-order valence-corrected chi connectivity index (χ0v) is 17.1. The van der Waals surface area contributed by atoms with Crippen LogP contribution < -0.4 is 4.90 Å². The molecular formula is C20H23N5O5. The number of hydrogen-bond acceptors (Lipinski definition) is 6. The lowest BCUT2D eigenvalue weighted by atomic mass is 9.78. The molecule has 1 atom stereocenters. The van der Waals surface area contributed by atoms with E-state index in [0.717, 1.165) is 5.56 Å². The number of piperidine rings is 1. The quantitative estimate of drug-likeness (QED) is 0.324. The molecule has 2 aliphatic rings. The Morgan fingerprint density at radius 1 is 1.20 bits per heavy atom. The van der Waals surface area contributed by atoms with Crippen LogP contribution in [-0.4, -0.2) is 40.9 Å². The standard InChI is InChI=1S/C20H23N5O5/c1-19(2,3)30-18(29)25-15(26)8-9-20(17(25)28)10-16(27)24(12-20)14-6-4-13(5-7-14)11-22-23-21/h4-7H,8-12H2,1-3H3. The van der Waals surface area contributed by atoms with Crippen LogP contribution in [0, 0.1) is 5.41 Å². The topological polar surface area (TPSA) is 133 Å². The summed E-state index contributed by atoms with van der Waals surface area (Å²) >= 11 is 0. The van der Waals surface area contributed by atoms with Crippen molar-refractivity contribution in [2.45, 2.75) is 52.2 Å². The van der Waals surface area contributed by atoms with E-state index in [1.165, 1.54) is 4.90 Å². The number of benzene rings is 1. The smallest absolute Gasteiger partial charge is 0.424 e. The maximum Gasteiger partial charge on any atom is 0.424 e. The molecule has 4 amide bonds. The van der Waals surface area contributed by atoms with Crippen LogP contribution in [0.25, 0.3) is 10.4 Å². The Morgan fingerprint density at radius 3 is 2.47 bits per heavy atom. The molecule has 1 aromatic carbocycles. The first kappa shape index (κ1) is 21.3. The van der Waals surface area contributed by atoms with Crippen LogP contribution in [0.1, 0.15) is 45.6 Å². The highest BCUT2D eigenvalue weighted by atomic mass is 16.6. The molecule has 2 fully saturated rings. The first-order valence-electron chi connectivity index (χ1n) is 9.57. The van der Waals surface area contributed by atoms with Crippen LogP contribution in [0.4, 0.5) is 10.5 Å². The summed E-state index contributed by atoms with van der Waals surface area (Å²) < 4.78 is 5.22. The molecule has 158 valence electrons. The molecule has 0 bridgehead atoms. The normalized spacial score (nSPS) is 21.8. The molecule has 0 aromatic heterocycles. The SMILES string of the molecule is CC(C)(C)OC(=O)N1C(=O)CCC2(CC(=O)N(c3ccc(CN=[N+]=[N-])cc3)C2)C1=O. The molecule has 3 rings (SSSR count). The van der Waals surface area contributed by atoms with E-state index >= 15 is 0 Å². The first-order valence-corrected chi connectivity index (χ1v) is 9.57. The van der Waals surface area contributed by atoms with E-state index in [9.17, 15) is 19.2 Å². The third-order valence-electron chi connectivity index (χ3n) is 5.12. The minimum absolute atomic E-state index is 0.0167. The lowest BCUT2D eigenvalue weighted by Gasteiger charge is -2.36. The van der Waals surface area contributed by atoms with Gasteiger partial charge in [0.2, 0.25) is 17.7 Å². The second-order valence-corrected chi connectivity index (χ2v) is 8.51. The number of rotatable bonds is 3. The number of carbonyl (C=O) groups is 4. The van der Waals surface area contributed by atoms with E-state index in [-0.39, 0.29) is 38.3 Å². The fraction of sp³-hybridized carbons (Fsp3) is 0.500. The van der Waals surface area contributed by atoms with Crippen LogP contribution in [0.15, 0.2) is 29.4 Å². The van der Waals surface area contributed by atoms with Gasteiger partial charge in [0.25, 0.3) is 0 Å². The predicted octanol–water partition coefficient (Wildman–Crippen LogP) is 3.30. The Bertz CT molecular complexity index is 945. The highest BCUT2D eigenvalue weighted by Crippen LogP contribution is 2.43. The van der Waals surface area contributed by atoms with Gasteiger partial charge < -0.3 is 9.64 Å². The van der Waals surface area contributed by atoms with Gasteiger partial charge >= 0.3 is 6.09 Å². The predicted molar refractivity (Wildman–Crippen MR) is 106 cm³/mol. The van der Waals surface area contributed by atoms with Crippen molar-refractivity contribution in [2.75, 3.05) is 11.4 Å². The third kappa shape index (κ3) is 4.13. The Hall–Kier alpha value is -3.39. The maximum atomic E-state index is 13.2. The Kier molecular flexibility index (Phi) is 5.54. The van der Waals surface area contributed by atoms with E-state index < -0.39 is 28.9 Å². The zero-order chi connectivity index (χ0) is 22.1. The Morgan fingerprint density at radius 2 is 1.87 bits per heavy atom. The average Bonchev–Trinajstić information content (AvgIpc) is 3.00. The van der Waals surface area contributed by atoms with E-state index in [1.54, 1.807) is 45.0 Å². The molecular weight excluding hydrogens is 390 g/mol. The molecule has 10 nitrogen and oxygen atoms in total. The lowest BCUT2D eigenvalue weighted by molar-refractivity contribution is -0.155. The molecule has 1 unspecified atom stereocenters. The van der Waals surface area contributed by atoms with Crippen molar-refractivity contribution >= 4 is 29.5 Å². The minimum atomic E-state index is -1.15. The largest absolute Gasteiger partial charge is 0.443 e. The maximum absolute atomic E-state index is 13.2. The van der Waals surface area contributed by atoms with Crippen molar-refractivity contribution in [2.24, 2.45) is 10.5 Å². The van der Waals surface area contributed by atoms with Crippen molar-refractivity contribution in [1.82, 2.24) is 4.90 Å². The minimum Gasteiger partial charge on any atom is -0.443 e. The van der Waals surface area contributed by atoms with Gasteiger partial charge in [-0.25, -0.2) is 4.79 Å². The van der Waals surface area contributed by atoms with Crippen molar-refractivity contribution < 1.29 is 23.9 Å². The molecule has 2 heterocycles. The molecule has 2 saturated heterocycles.